The van der Waals surface area contributed by atoms with Gasteiger partial charge in [0.15, 0.2) is 17.0 Å². The summed E-state index contributed by atoms with van der Waals surface area (Å²) in [6, 6.07) is 4.08. The van der Waals surface area contributed by atoms with E-state index in [1.165, 1.54) is 25.0 Å². The van der Waals surface area contributed by atoms with Crippen LogP contribution in [0.1, 0.15) is 42.1 Å². The molecular weight excluding hydrogens is 445 g/mol. The summed E-state index contributed by atoms with van der Waals surface area (Å²) in [4.78, 5) is 35.6. The van der Waals surface area contributed by atoms with E-state index in [4.69, 9.17) is 23.2 Å². The average molecular weight is 464 g/mol. The number of benzene rings is 1. The van der Waals surface area contributed by atoms with Crippen LogP contribution >= 0.6 is 23.2 Å². The van der Waals surface area contributed by atoms with Crippen molar-refractivity contribution in [3.8, 4) is 0 Å². The third kappa shape index (κ3) is 4.54. The van der Waals surface area contributed by atoms with E-state index in [-0.39, 0.29) is 28.1 Å². The predicted molar refractivity (Wildman–Crippen MR) is 117 cm³/mol. The number of aromatic nitrogens is 4. The van der Waals surface area contributed by atoms with Crippen molar-refractivity contribution in [1.82, 2.24) is 24.8 Å². The van der Waals surface area contributed by atoms with Crippen molar-refractivity contribution in [3.05, 3.63) is 50.5 Å². The molecule has 1 aliphatic rings. The molecule has 1 aromatic carbocycles. The number of nitrogens with zero attached hydrogens (tertiary/aromatic N) is 5. The van der Waals surface area contributed by atoms with Crippen LogP contribution in [0.2, 0.25) is 10.3 Å². The van der Waals surface area contributed by atoms with Crippen molar-refractivity contribution < 1.29 is 9.72 Å². The number of halogens is 2. The maximum atomic E-state index is 12.3. The Morgan fingerprint density at radius 3 is 2.71 bits per heavy atom. The standard InChI is InChI=1S/C19H19Cl2N7O3/c20-14-9-12(28(30)31)5-6-13(14)18(29)23-8-7-22-16-15-17(26-19(21)25-16)27(10-24-15)11-3-1-2-4-11/h5-6,9-11H,1-4,7-8H2,(H,23,29)(H,22,25,26). The van der Waals surface area contributed by atoms with E-state index >= 15 is 0 Å². The van der Waals surface area contributed by atoms with Crippen LogP contribution in [0.15, 0.2) is 24.5 Å². The van der Waals surface area contributed by atoms with E-state index in [0.717, 1.165) is 18.9 Å². The Balaban J connectivity index is 1.40. The highest BCUT2D eigenvalue weighted by Crippen LogP contribution is 2.33. The number of carbonyl (C=O) groups excluding carboxylic acids is 1. The third-order valence-corrected chi connectivity index (χ3v) is 5.71. The van der Waals surface area contributed by atoms with Crippen LogP contribution in [0.4, 0.5) is 11.5 Å². The Hall–Kier alpha value is -2.98. The number of imidazole rings is 1. The van der Waals surface area contributed by atoms with Crippen LogP contribution in [0.25, 0.3) is 11.2 Å². The fourth-order valence-electron chi connectivity index (χ4n) is 3.72. The summed E-state index contributed by atoms with van der Waals surface area (Å²) in [6.45, 7) is 0.619. The molecule has 2 heterocycles. The van der Waals surface area contributed by atoms with Gasteiger partial charge in [-0.05, 0) is 30.5 Å². The fraction of sp³-hybridized carbons (Fsp3) is 0.368. The molecule has 0 radical (unpaired) electrons. The van der Waals surface area contributed by atoms with E-state index in [0.29, 0.717) is 29.6 Å². The lowest BCUT2D eigenvalue weighted by Gasteiger charge is -2.12. The van der Waals surface area contributed by atoms with E-state index < -0.39 is 10.8 Å². The van der Waals surface area contributed by atoms with Crippen molar-refractivity contribution in [1.29, 1.82) is 0 Å². The Morgan fingerprint density at radius 2 is 2.00 bits per heavy atom. The Morgan fingerprint density at radius 1 is 1.23 bits per heavy atom. The number of non-ortho nitro benzene ring substituents is 1. The summed E-state index contributed by atoms with van der Waals surface area (Å²) >= 11 is 12.1. The predicted octanol–water partition coefficient (Wildman–Crippen LogP) is 4.00. The lowest BCUT2D eigenvalue weighted by molar-refractivity contribution is -0.384. The molecule has 0 unspecified atom stereocenters. The molecule has 0 aliphatic heterocycles. The largest absolute Gasteiger partial charge is 0.366 e. The van der Waals surface area contributed by atoms with Crippen molar-refractivity contribution in [3.63, 3.8) is 0 Å². The minimum absolute atomic E-state index is 0.0152. The molecule has 0 spiro atoms. The monoisotopic (exact) mass is 463 g/mol. The zero-order valence-electron chi connectivity index (χ0n) is 16.3. The summed E-state index contributed by atoms with van der Waals surface area (Å²) in [5.74, 6) is 0.0624. The molecule has 4 rings (SSSR count). The molecule has 1 aliphatic carbocycles. The van der Waals surface area contributed by atoms with Crippen LogP contribution < -0.4 is 10.6 Å². The highest BCUT2D eigenvalue weighted by molar-refractivity contribution is 6.34. The SMILES string of the molecule is O=C(NCCNc1nc(Cl)nc2c1ncn2C1CCCC1)c1ccc([N+](=O)[O-])cc1Cl. The second-order valence-electron chi connectivity index (χ2n) is 7.21. The number of rotatable bonds is 7. The lowest BCUT2D eigenvalue weighted by atomic mass is 10.2. The van der Waals surface area contributed by atoms with Crippen LogP contribution in [-0.4, -0.2) is 43.4 Å². The van der Waals surface area contributed by atoms with Gasteiger partial charge in [-0.15, -0.1) is 0 Å². The van der Waals surface area contributed by atoms with E-state index in [9.17, 15) is 14.9 Å². The van der Waals surface area contributed by atoms with Gasteiger partial charge in [0.05, 0.1) is 21.8 Å². The minimum Gasteiger partial charge on any atom is -0.366 e. The maximum absolute atomic E-state index is 12.3. The number of nitro groups is 1. The number of hydrogen-bond acceptors (Lipinski definition) is 7. The third-order valence-electron chi connectivity index (χ3n) is 5.22. The van der Waals surface area contributed by atoms with Crippen LogP contribution in [0, 0.1) is 10.1 Å². The van der Waals surface area contributed by atoms with Gasteiger partial charge in [-0.2, -0.15) is 9.97 Å². The summed E-state index contributed by atoms with van der Waals surface area (Å²) in [6.07, 6.45) is 6.33. The molecule has 2 aromatic heterocycles. The number of carbonyl (C=O) groups is 1. The molecule has 0 saturated heterocycles. The first kappa shape index (κ1) is 21.3. The van der Waals surface area contributed by atoms with Gasteiger partial charge >= 0.3 is 0 Å². The van der Waals surface area contributed by atoms with Gasteiger partial charge in [0.2, 0.25) is 5.28 Å². The van der Waals surface area contributed by atoms with Gasteiger partial charge in [0, 0.05) is 31.3 Å². The molecule has 12 heteroatoms. The topological polar surface area (TPSA) is 128 Å². The van der Waals surface area contributed by atoms with Gasteiger partial charge in [0.1, 0.15) is 0 Å². The first-order chi connectivity index (χ1) is 14.9. The summed E-state index contributed by atoms with van der Waals surface area (Å²) < 4.78 is 2.05. The molecule has 2 N–H and O–H groups in total. The molecule has 1 amide bonds. The quantitative estimate of drug-likeness (QED) is 0.234. The first-order valence-corrected chi connectivity index (χ1v) is 10.6. The van der Waals surface area contributed by atoms with E-state index in [1.807, 2.05) is 0 Å². The summed E-state index contributed by atoms with van der Waals surface area (Å²) in [7, 11) is 0. The summed E-state index contributed by atoms with van der Waals surface area (Å²) in [5.41, 5.74) is 1.30. The number of amides is 1. The second-order valence-corrected chi connectivity index (χ2v) is 7.95. The van der Waals surface area contributed by atoms with Gasteiger partial charge in [-0.3, -0.25) is 14.9 Å². The first-order valence-electron chi connectivity index (χ1n) is 9.80. The normalized spacial score (nSPS) is 14.1. The van der Waals surface area contributed by atoms with Crippen molar-refractivity contribution >= 4 is 51.8 Å². The van der Waals surface area contributed by atoms with Gasteiger partial charge < -0.3 is 15.2 Å². The fourth-order valence-corrected chi connectivity index (χ4v) is 4.14. The molecule has 10 nitrogen and oxygen atoms in total. The smallest absolute Gasteiger partial charge is 0.270 e. The molecule has 1 saturated carbocycles. The van der Waals surface area contributed by atoms with Crippen molar-refractivity contribution in [2.45, 2.75) is 31.7 Å². The second kappa shape index (κ2) is 9.03. The van der Waals surface area contributed by atoms with Crippen molar-refractivity contribution in [2.75, 3.05) is 18.4 Å². The molecule has 1 fully saturated rings. The van der Waals surface area contributed by atoms with Gasteiger partial charge in [0.25, 0.3) is 11.6 Å². The minimum atomic E-state index is -0.570. The molecule has 162 valence electrons. The number of fused-ring (bicyclic) bond motifs is 1. The highest BCUT2D eigenvalue weighted by Gasteiger charge is 2.21. The van der Waals surface area contributed by atoms with Gasteiger partial charge in [-0.1, -0.05) is 24.4 Å². The molecule has 0 atom stereocenters. The Bertz CT molecular complexity index is 1140. The number of nitro benzene ring substituents is 1. The molecule has 3 aromatic rings. The van der Waals surface area contributed by atoms with Crippen LogP contribution in [0.3, 0.4) is 0 Å². The molecule has 31 heavy (non-hydrogen) atoms. The number of nitrogens with one attached hydrogen (secondary N) is 2. The maximum Gasteiger partial charge on any atom is 0.270 e. The highest BCUT2D eigenvalue weighted by atomic mass is 35.5. The Kier molecular flexibility index (Phi) is 6.19. The Labute approximate surface area is 187 Å². The number of hydrogen-bond donors (Lipinski definition) is 2. The zero-order chi connectivity index (χ0) is 22.0. The van der Waals surface area contributed by atoms with Crippen molar-refractivity contribution in [2.24, 2.45) is 0 Å². The molecular formula is C19H19Cl2N7O3. The summed E-state index contributed by atoms with van der Waals surface area (Å²) in [5, 5.41) is 16.8. The van der Waals surface area contributed by atoms with Crippen LogP contribution in [0.5, 0.6) is 0 Å². The van der Waals surface area contributed by atoms with E-state index in [2.05, 4.69) is 30.2 Å². The average Bonchev–Trinajstić information content (AvgIpc) is 3.40. The van der Waals surface area contributed by atoms with E-state index in [1.54, 1.807) is 6.33 Å². The lowest BCUT2D eigenvalue weighted by Crippen LogP contribution is -2.29. The number of anilines is 1. The van der Waals surface area contributed by atoms with Gasteiger partial charge in [-0.25, -0.2) is 4.98 Å². The zero-order valence-corrected chi connectivity index (χ0v) is 17.9. The molecule has 0 bridgehead atoms. The van der Waals surface area contributed by atoms with Crippen LogP contribution in [-0.2, 0) is 0 Å².